The van der Waals surface area contributed by atoms with Crippen LogP contribution in [0.2, 0.25) is 0 Å². The van der Waals surface area contributed by atoms with Crippen molar-refractivity contribution < 1.29 is 9.47 Å². The summed E-state index contributed by atoms with van der Waals surface area (Å²) >= 11 is 0. The van der Waals surface area contributed by atoms with Crippen LogP contribution in [0, 0.1) is 0 Å². The summed E-state index contributed by atoms with van der Waals surface area (Å²) < 4.78 is 11.3. The summed E-state index contributed by atoms with van der Waals surface area (Å²) in [5, 5.41) is 6.42. The number of guanidine groups is 1. The van der Waals surface area contributed by atoms with E-state index in [4.69, 9.17) is 9.47 Å². The molecule has 1 heterocycles. The van der Waals surface area contributed by atoms with Gasteiger partial charge in [-0.25, -0.2) is 4.99 Å². The van der Waals surface area contributed by atoms with E-state index in [0.29, 0.717) is 25.8 Å². The van der Waals surface area contributed by atoms with E-state index in [1.165, 1.54) is 11.1 Å². The molecule has 0 radical (unpaired) electrons. The van der Waals surface area contributed by atoms with Crippen LogP contribution in [0.1, 0.15) is 30.9 Å². The predicted octanol–water partition coefficient (Wildman–Crippen LogP) is 2.62. The lowest BCUT2D eigenvalue weighted by atomic mass is 10.1. The van der Waals surface area contributed by atoms with Gasteiger partial charge in [-0.3, -0.25) is 0 Å². The molecule has 0 atom stereocenters. The fourth-order valence-electron chi connectivity index (χ4n) is 2.48. The monoisotopic (exact) mass is 331 g/mol. The van der Waals surface area contributed by atoms with Gasteiger partial charge in [0.25, 0.3) is 0 Å². The second-order valence-corrected chi connectivity index (χ2v) is 5.80. The number of hydrogen-bond donors (Lipinski definition) is 2. The number of aliphatic imine (C=N–C) groups is 1. The highest BCUT2D eigenvalue weighted by Crippen LogP contribution is 2.14. The summed E-state index contributed by atoms with van der Waals surface area (Å²) in [7, 11) is 0. The van der Waals surface area contributed by atoms with Crippen molar-refractivity contribution in [3.8, 4) is 0 Å². The number of nitrogens with zero attached hydrogens (tertiary/aromatic N) is 1. The molecule has 0 amide bonds. The largest absolute Gasteiger partial charge is 0.381 e. The van der Waals surface area contributed by atoms with Crippen LogP contribution in [0.25, 0.3) is 0 Å². The SMILES string of the molecule is C=CCNC(=NCc1ccc(COC2CCOCC2)cc1)NCC. The molecule has 1 aliphatic rings. The third-order valence-electron chi connectivity index (χ3n) is 3.85. The fourth-order valence-corrected chi connectivity index (χ4v) is 2.48. The molecule has 2 rings (SSSR count). The lowest BCUT2D eigenvalue weighted by Gasteiger charge is -2.22. The minimum Gasteiger partial charge on any atom is -0.381 e. The Morgan fingerprint density at radius 3 is 2.62 bits per heavy atom. The average Bonchev–Trinajstić information content (AvgIpc) is 2.64. The predicted molar refractivity (Wildman–Crippen MR) is 98.1 cm³/mol. The van der Waals surface area contributed by atoms with Gasteiger partial charge >= 0.3 is 0 Å². The third kappa shape index (κ3) is 6.72. The molecule has 1 fully saturated rings. The first-order valence-electron chi connectivity index (χ1n) is 8.72. The smallest absolute Gasteiger partial charge is 0.191 e. The summed E-state index contributed by atoms with van der Waals surface area (Å²) in [4.78, 5) is 4.57. The van der Waals surface area contributed by atoms with Crippen molar-refractivity contribution in [2.75, 3.05) is 26.3 Å². The minimum atomic E-state index is 0.335. The summed E-state index contributed by atoms with van der Waals surface area (Å²) in [6, 6.07) is 8.47. The highest BCUT2D eigenvalue weighted by Gasteiger charge is 2.13. The van der Waals surface area contributed by atoms with Gasteiger partial charge in [0.05, 0.1) is 19.3 Å². The Hall–Kier alpha value is -1.85. The van der Waals surface area contributed by atoms with Crippen LogP contribution in [0.5, 0.6) is 0 Å². The van der Waals surface area contributed by atoms with Crippen LogP contribution < -0.4 is 10.6 Å². The summed E-state index contributed by atoms with van der Waals surface area (Å²) in [6.07, 6.45) is 4.15. The van der Waals surface area contributed by atoms with Gasteiger partial charge in [0.1, 0.15) is 0 Å². The molecule has 1 aromatic rings. The Morgan fingerprint density at radius 1 is 1.25 bits per heavy atom. The molecule has 0 aromatic heterocycles. The Morgan fingerprint density at radius 2 is 1.96 bits per heavy atom. The van der Waals surface area contributed by atoms with Crippen molar-refractivity contribution in [3.05, 3.63) is 48.0 Å². The lowest BCUT2D eigenvalue weighted by molar-refractivity contribution is -0.0390. The first kappa shape index (κ1) is 18.5. The molecule has 5 nitrogen and oxygen atoms in total. The van der Waals surface area contributed by atoms with Crippen LogP contribution in [0.4, 0.5) is 0 Å². The maximum atomic E-state index is 5.95. The van der Waals surface area contributed by atoms with Crippen molar-refractivity contribution in [3.63, 3.8) is 0 Å². The molecule has 5 heteroatoms. The van der Waals surface area contributed by atoms with Gasteiger partial charge in [-0.05, 0) is 30.9 Å². The average molecular weight is 331 g/mol. The molecule has 0 bridgehead atoms. The minimum absolute atomic E-state index is 0.335. The number of ether oxygens (including phenoxy) is 2. The fraction of sp³-hybridized carbons (Fsp3) is 0.526. The van der Waals surface area contributed by atoms with Gasteiger partial charge in [-0.1, -0.05) is 30.3 Å². The summed E-state index contributed by atoms with van der Waals surface area (Å²) in [5.74, 6) is 0.810. The van der Waals surface area contributed by atoms with Crippen molar-refractivity contribution in [1.29, 1.82) is 0 Å². The normalized spacial score (nSPS) is 16.0. The van der Waals surface area contributed by atoms with E-state index < -0.39 is 0 Å². The van der Waals surface area contributed by atoms with Gasteiger partial charge in [0.2, 0.25) is 0 Å². The van der Waals surface area contributed by atoms with Crippen molar-refractivity contribution in [1.82, 2.24) is 10.6 Å². The van der Waals surface area contributed by atoms with Crippen molar-refractivity contribution in [2.24, 2.45) is 4.99 Å². The van der Waals surface area contributed by atoms with Crippen LogP contribution in [-0.4, -0.2) is 38.4 Å². The first-order chi connectivity index (χ1) is 11.8. The zero-order valence-electron chi connectivity index (χ0n) is 14.6. The van der Waals surface area contributed by atoms with Crippen LogP contribution in [0.15, 0.2) is 41.9 Å². The zero-order chi connectivity index (χ0) is 17.0. The molecular formula is C19H29N3O2. The second kappa shape index (κ2) is 10.8. The van der Waals surface area contributed by atoms with Gasteiger partial charge in [0, 0.05) is 26.3 Å². The standard InChI is InChI=1S/C19H29N3O2/c1-3-11-21-19(20-4-2)22-14-16-5-7-17(8-6-16)15-24-18-9-12-23-13-10-18/h3,5-8,18H,1,4,9-15H2,2H3,(H2,20,21,22). The molecule has 24 heavy (non-hydrogen) atoms. The quantitative estimate of drug-likeness (QED) is 0.437. The Labute approximate surface area is 145 Å². The third-order valence-corrected chi connectivity index (χ3v) is 3.85. The van der Waals surface area contributed by atoms with Crippen LogP contribution in [0.3, 0.4) is 0 Å². The number of rotatable bonds is 8. The van der Waals surface area contributed by atoms with Gasteiger partial charge < -0.3 is 20.1 Å². The van der Waals surface area contributed by atoms with Crippen LogP contribution >= 0.6 is 0 Å². The van der Waals surface area contributed by atoms with E-state index >= 15 is 0 Å². The molecule has 2 N–H and O–H groups in total. The molecule has 0 unspecified atom stereocenters. The van der Waals surface area contributed by atoms with Gasteiger partial charge in [-0.2, -0.15) is 0 Å². The van der Waals surface area contributed by atoms with E-state index in [1.807, 2.05) is 6.08 Å². The molecular weight excluding hydrogens is 302 g/mol. The van der Waals surface area contributed by atoms with E-state index in [-0.39, 0.29) is 0 Å². The molecule has 132 valence electrons. The molecule has 0 spiro atoms. The second-order valence-electron chi connectivity index (χ2n) is 5.80. The number of benzene rings is 1. The molecule has 1 saturated heterocycles. The Bertz CT molecular complexity index is 508. The van der Waals surface area contributed by atoms with Gasteiger partial charge in [-0.15, -0.1) is 6.58 Å². The highest BCUT2D eigenvalue weighted by atomic mass is 16.5. The molecule has 1 aromatic carbocycles. The molecule has 0 saturated carbocycles. The van der Waals surface area contributed by atoms with E-state index in [1.54, 1.807) is 0 Å². The molecule has 1 aliphatic heterocycles. The lowest BCUT2D eigenvalue weighted by Crippen LogP contribution is -2.37. The Kier molecular flexibility index (Phi) is 8.35. The number of nitrogens with one attached hydrogen (secondary N) is 2. The van der Waals surface area contributed by atoms with Gasteiger partial charge in [0.15, 0.2) is 5.96 Å². The maximum absolute atomic E-state index is 5.95. The Balaban J connectivity index is 1.80. The topological polar surface area (TPSA) is 54.9 Å². The van der Waals surface area contributed by atoms with E-state index in [0.717, 1.165) is 38.6 Å². The van der Waals surface area contributed by atoms with Crippen molar-refractivity contribution in [2.45, 2.75) is 39.0 Å². The maximum Gasteiger partial charge on any atom is 0.191 e. The van der Waals surface area contributed by atoms with Crippen LogP contribution in [-0.2, 0) is 22.6 Å². The summed E-state index contributed by atoms with van der Waals surface area (Å²) in [5.41, 5.74) is 2.38. The van der Waals surface area contributed by atoms with E-state index in [9.17, 15) is 0 Å². The first-order valence-corrected chi connectivity index (χ1v) is 8.72. The zero-order valence-corrected chi connectivity index (χ0v) is 14.6. The molecule has 0 aliphatic carbocycles. The number of hydrogen-bond acceptors (Lipinski definition) is 3. The highest BCUT2D eigenvalue weighted by molar-refractivity contribution is 5.79. The summed E-state index contributed by atoms with van der Waals surface area (Å²) in [6.45, 7) is 10.2. The van der Waals surface area contributed by atoms with Crippen molar-refractivity contribution >= 4 is 5.96 Å². The van der Waals surface area contributed by atoms with E-state index in [2.05, 4.69) is 53.4 Å².